The molecule has 0 atom stereocenters. The lowest BCUT2D eigenvalue weighted by Crippen LogP contribution is -2.27. The molecule has 3 aromatic carbocycles. The number of benzene rings is 3. The minimum Gasteiger partial charge on any atom is -0.497 e. The van der Waals surface area contributed by atoms with Gasteiger partial charge in [-0.25, -0.2) is 4.39 Å². The fourth-order valence-electron chi connectivity index (χ4n) is 3.01. The SMILES string of the molecule is COc1ccc(N2C(=O)/C(=C/c3cccc(OCc4ccc(F)cc4)c3)SC2=S)cc1. The predicted molar refractivity (Wildman–Crippen MR) is 126 cm³/mol. The fourth-order valence-corrected chi connectivity index (χ4v) is 4.31. The lowest BCUT2D eigenvalue weighted by atomic mass is 10.2. The number of rotatable bonds is 6. The smallest absolute Gasteiger partial charge is 0.270 e. The normalized spacial score (nSPS) is 14.9. The van der Waals surface area contributed by atoms with Gasteiger partial charge in [-0.2, -0.15) is 0 Å². The highest BCUT2D eigenvalue weighted by Crippen LogP contribution is 2.36. The molecule has 0 saturated carbocycles. The van der Waals surface area contributed by atoms with Crippen LogP contribution >= 0.6 is 24.0 Å². The zero-order valence-electron chi connectivity index (χ0n) is 16.6. The van der Waals surface area contributed by atoms with Gasteiger partial charge in [0.05, 0.1) is 17.7 Å². The number of carbonyl (C=O) groups is 1. The number of hydrogen-bond donors (Lipinski definition) is 0. The van der Waals surface area contributed by atoms with E-state index in [-0.39, 0.29) is 11.7 Å². The molecule has 4 nitrogen and oxygen atoms in total. The summed E-state index contributed by atoms with van der Waals surface area (Å²) < 4.78 is 24.5. The number of thiocarbonyl (C=S) groups is 1. The molecule has 1 aliphatic heterocycles. The van der Waals surface area contributed by atoms with E-state index in [2.05, 4.69) is 0 Å². The van der Waals surface area contributed by atoms with Crippen molar-refractivity contribution in [2.75, 3.05) is 12.0 Å². The predicted octanol–water partition coefficient (Wildman–Crippen LogP) is 5.82. The fraction of sp³-hybridized carbons (Fsp3) is 0.0833. The molecule has 1 saturated heterocycles. The van der Waals surface area contributed by atoms with E-state index < -0.39 is 0 Å². The molecule has 156 valence electrons. The number of hydrogen-bond acceptors (Lipinski definition) is 5. The van der Waals surface area contributed by atoms with Gasteiger partial charge in [0.25, 0.3) is 5.91 Å². The molecule has 0 N–H and O–H groups in total. The van der Waals surface area contributed by atoms with Gasteiger partial charge >= 0.3 is 0 Å². The van der Waals surface area contributed by atoms with Gasteiger partial charge in [0.15, 0.2) is 4.32 Å². The van der Waals surface area contributed by atoms with E-state index in [9.17, 15) is 9.18 Å². The maximum absolute atomic E-state index is 13.0. The Balaban J connectivity index is 1.49. The Morgan fingerprint density at radius 3 is 2.48 bits per heavy atom. The Morgan fingerprint density at radius 2 is 1.77 bits per heavy atom. The van der Waals surface area contributed by atoms with Crippen molar-refractivity contribution >= 4 is 46.0 Å². The maximum atomic E-state index is 13.0. The van der Waals surface area contributed by atoms with Crippen LogP contribution in [-0.2, 0) is 11.4 Å². The van der Waals surface area contributed by atoms with Gasteiger partial charge in [0.2, 0.25) is 0 Å². The maximum Gasteiger partial charge on any atom is 0.270 e. The lowest BCUT2D eigenvalue weighted by Gasteiger charge is -2.14. The summed E-state index contributed by atoms with van der Waals surface area (Å²) in [5.74, 6) is 0.918. The quantitative estimate of drug-likeness (QED) is 0.349. The average molecular weight is 452 g/mol. The zero-order chi connectivity index (χ0) is 21.8. The molecule has 0 spiro atoms. The molecule has 3 aromatic rings. The van der Waals surface area contributed by atoms with E-state index in [1.165, 1.54) is 28.8 Å². The summed E-state index contributed by atoms with van der Waals surface area (Å²) in [6.07, 6.45) is 1.80. The largest absolute Gasteiger partial charge is 0.497 e. The first-order chi connectivity index (χ1) is 15.0. The number of ether oxygens (including phenoxy) is 2. The van der Waals surface area contributed by atoms with Crippen LogP contribution in [-0.4, -0.2) is 17.3 Å². The standard InChI is InChI=1S/C24H18FNO3S2/c1-28-20-11-9-19(10-12-20)26-23(27)22(31-24(26)30)14-17-3-2-4-21(13-17)29-15-16-5-7-18(25)8-6-16/h2-14H,15H2,1H3/b22-14-. The molecule has 1 fully saturated rings. The second kappa shape index (κ2) is 9.32. The number of halogens is 1. The van der Waals surface area contributed by atoms with Gasteiger partial charge in [-0.3, -0.25) is 9.69 Å². The molecule has 0 unspecified atom stereocenters. The molecule has 0 aliphatic carbocycles. The molecule has 0 radical (unpaired) electrons. The lowest BCUT2D eigenvalue weighted by molar-refractivity contribution is -0.113. The Kier molecular flexibility index (Phi) is 6.34. The number of methoxy groups -OCH3 is 1. The molecule has 31 heavy (non-hydrogen) atoms. The number of nitrogens with zero attached hydrogens (tertiary/aromatic N) is 1. The first-order valence-corrected chi connectivity index (χ1v) is 10.7. The molecule has 1 heterocycles. The molecular formula is C24H18FNO3S2. The van der Waals surface area contributed by atoms with E-state index >= 15 is 0 Å². The van der Waals surface area contributed by atoms with Crippen molar-refractivity contribution in [2.24, 2.45) is 0 Å². The number of amides is 1. The number of carbonyl (C=O) groups excluding carboxylic acids is 1. The van der Waals surface area contributed by atoms with Crippen LogP contribution in [0, 0.1) is 5.82 Å². The summed E-state index contributed by atoms with van der Waals surface area (Å²) >= 11 is 6.69. The van der Waals surface area contributed by atoms with Gasteiger partial charge in [0.1, 0.15) is 23.9 Å². The topological polar surface area (TPSA) is 38.8 Å². The zero-order valence-corrected chi connectivity index (χ0v) is 18.2. The van der Waals surface area contributed by atoms with Crippen molar-refractivity contribution < 1.29 is 18.7 Å². The average Bonchev–Trinajstić information content (AvgIpc) is 3.06. The first kappa shape index (κ1) is 21.1. The van der Waals surface area contributed by atoms with Crippen LogP contribution in [0.1, 0.15) is 11.1 Å². The molecule has 0 bridgehead atoms. The Hall–Kier alpha value is -3.16. The molecule has 1 aliphatic rings. The van der Waals surface area contributed by atoms with Gasteiger partial charge in [-0.15, -0.1) is 0 Å². The number of thioether (sulfide) groups is 1. The third-order valence-electron chi connectivity index (χ3n) is 4.60. The van der Waals surface area contributed by atoms with Gasteiger partial charge in [0, 0.05) is 0 Å². The van der Waals surface area contributed by atoms with Crippen LogP contribution in [0.4, 0.5) is 10.1 Å². The van der Waals surface area contributed by atoms with Crippen molar-refractivity contribution in [2.45, 2.75) is 6.61 Å². The second-order valence-electron chi connectivity index (χ2n) is 6.70. The third kappa shape index (κ3) is 4.95. The highest BCUT2D eigenvalue weighted by Gasteiger charge is 2.33. The second-order valence-corrected chi connectivity index (χ2v) is 8.38. The van der Waals surface area contributed by atoms with Crippen molar-refractivity contribution in [3.8, 4) is 11.5 Å². The van der Waals surface area contributed by atoms with Crippen LogP contribution in [0.15, 0.2) is 77.7 Å². The van der Waals surface area contributed by atoms with E-state index in [4.69, 9.17) is 21.7 Å². The minimum absolute atomic E-state index is 0.169. The van der Waals surface area contributed by atoms with Crippen molar-refractivity contribution in [1.29, 1.82) is 0 Å². The van der Waals surface area contributed by atoms with E-state index in [0.29, 0.717) is 33.0 Å². The van der Waals surface area contributed by atoms with Crippen molar-refractivity contribution in [3.05, 3.63) is 94.6 Å². The Morgan fingerprint density at radius 1 is 1.03 bits per heavy atom. The van der Waals surface area contributed by atoms with Gasteiger partial charge in [-0.1, -0.05) is 48.2 Å². The summed E-state index contributed by atoms with van der Waals surface area (Å²) in [4.78, 5) is 15.0. The highest BCUT2D eigenvalue weighted by atomic mass is 32.2. The monoisotopic (exact) mass is 451 g/mol. The Bertz CT molecular complexity index is 1140. The van der Waals surface area contributed by atoms with Crippen LogP contribution in [0.2, 0.25) is 0 Å². The van der Waals surface area contributed by atoms with Crippen LogP contribution in [0.25, 0.3) is 6.08 Å². The molecular weight excluding hydrogens is 433 g/mol. The summed E-state index contributed by atoms with van der Waals surface area (Å²) in [5.41, 5.74) is 2.39. The van der Waals surface area contributed by atoms with Gasteiger partial charge in [-0.05, 0) is 65.7 Å². The molecule has 4 rings (SSSR count). The molecule has 7 heteroatoms. The molecule has 0 aromatic heterocycles. The molecule has 1 amide bonds. The van der Waals surface area contributed by atoms with E-state index in [1.807, 2.05) is 24.3 Å². The Labute approximate surface area is 189 Å². The highest BCUT2D eigenvalue weighted by molar-refractivity contribution is 8.27. The van der Waals surface area contributed by atoms with E-state index in [1.54, 1.807) is 49.6 Å². The van der Waals surface area contributed by atoms with E-state index in [0.717, 1.165) is 11.1 Å². The minimum atomic E-state index is -0.280. The van der Waals surface area contributed by atoms with Crippen LogP contribution in [0.5, 0.6) is 11.5 Å². The number of anilines is 1. The van der Waals surface area contributed by atoms with Gasteiger partial charge < -0.3 is 9.47 Å². The van der Waals surface area contributed by atoms with Crippen molar-refractivity contribution in [3.63, 3.8) is 0 Å². The summed E-state index contributed by atoms with van der Waals surface area (Å²) in [7, 11) is 1.59. The summed E-state index contributed by atoms with van der Waals surface area (Å²) in [6.45, 7) is 0.323. The first-order valence-electron chi connectivity index (χ1n) is 9.43. The van der Waals surface area contributed by atoms with Crippen LogP contribution < -0.4 is 14.4 Å². The summed E-state index contributed by atoms with van der Waals surface area (Å²) in [6, 6.07) is 20.8. The third-order valence-corrected chi connectivity index (χ3v) is 5.90. The van der Waals surface area contributed by atoms with Crippen LogP contribution in [0.3, 0.4) is 0 Å². The van der Waals surface area contributed by atoms with Crippen molar-refractivity contribution in [1.82, 2.24) is 0 Å². The summed E-state index contributed by atoms with van der Waals surface area (Å²) in [5, 5.41) is 0.